The predicted octanol–water partition coefficient (Wildman–Crippen LogP) is 3.08. The molecule has 0 aromatic rings. The van der Waals surface area contributed by atoms with Gasteiger partial charge in [0.1, 0.15) is 17.6 Å². The molecule has 0 amide bonds. The molecule has 1 atom stereocenters. The third-order valence-corrected chi connectivity index (χ3v) is 6.20. The second-order valence-corrected chi connectivity index (χ2v) is 11.9. The molecule has 0 aliphatic carbocycles. The highest BCUT2D eigenvalue weighted by Crippen LogP contribution is 2.50. The van der Waals surface area contributed by atoms with Crippen molar-refractivity contribution in [1.82, 2.24) is 10.6 Å². The third kappa shape index (κ3) is 4.54. The number of rotatable bonds is 3. The normalized spacial score (nSPS) is 32.3. The molecular formula is C22H38N2O4. The molecule has 0 aromatic carbocycles. The van der Waals surface area contributed by atoms with E-state index in [4.69, 9.17) is 9.47 Å². The lowest BCUT2D eigenvalue weighted by molar-refractivity contribution is -0.233. The number of piperidine rings is 2. The molecule has 2 N–H and O–H groups in total. The standard InChI is InChI=1S/C22H38N2O4/c1-18(2)10-14(11-19(3,4)23-18)27-16(25)9-15-17(26)28-22(15)12-20(5,6)24-21(7,8)13-22/h14-15,23-24H,9-13H2,1-8H3. The molecule has 3 aliphatic heterocycles. The van der Waals surface area contributed by atoms with Gasteiger partial charge in [-0.1, -0.05) is 0 Å². The largest absolute Gasteiger partial charge is 0.462 e. The molecule has 3 rings (SSSR count). The first-order chi connectivity index (χ1) is 12.5. The van der Waals surface area contributed by atoms with Crippen molar-refractivity contribution < 1.29 is 19.1 Å². The second kappa shape index (κ2) is 6.43. The lowest BCUT2D eigenvalue weighted by atomic mass is 9.63. The summed E-state index contributed by atoms with van der Waals surface area (Å²) in [5.41, 5.74) is -1.07. The van der Waals surface area contributed by atoms with Crippen molar-refractivity contribution >= 4 is 11.9 Å². The molecule has 1 spiro atoms. The molecule has 3 fully saturated rings. The topological polar surface area (TPSA) is 76.7 Å². The average molecular weight is 395 g/mol. The van der Waals surface area contributed by atoms with Crippen LogP contribution in [0.4, 0.5) is 0 Å². The van der Waals surface area contributed by atoms with Crippen LogP contribution in [-0.2, 0) is 19.1 Å². The summed E-state index contributed by atoms with van der Waals surface area (Å²) < 4.78 is 11.6. The molecule has 28 heavy (non-hydrogen) atoms. The zero-order valence-corrected chi connectivity index (χ0v) is 18.8. The first kappa shape index (κ1) is 21.6. The predicted molar refractivity (Wildman–Crippen MR) is 108 cm³/mol. The summed E-state index contributed by atoms with van der Waals surface area (Å²) in [5.74, 6) is -0.964. The van der Waals surface area contributed by atoms with Crippen LogP contribution in [-0.4, -0.2) is 45.8 Å². The smallest absolute Gasteiger partial charge is 0.314 e. The van der Waals surface area contributed by atoms with E-state index in [1.54, 1.807) is 0 Å². The van der Waals surface area contributed by atoms with Crippen molar-refractivity contribution in [2.75, 3.05) is 0 Å². The number of hydrogen-bond donors (Lipinski definition) is 2. The molecule has 0 aromatic heterocycles. The second-order valence-electron chi connectivity index (χ2n) is 11.9. The van der Waals surface area contributed by atoms with Crippen molar-refractivity contribution in [3.63, 3.8) is 0 Å². The molecule has 0 bridgehead atoms. The zero-order valence-electron chi connectivity index (χ0n) is 18.8. The number of hydrogen-bond acceptors (Lipinski definition) is 6. The number of esters is 2. The van der Waals surface area contributed by atoms with Crippen LogP contribution in [0, 0.1) is 5.92 Å². The fourth-order valence-electron chi connectivity index (χ4n) is 6.36. The minimum atomic E-state index is -0.568. The van der Waals surface area contributed by atoms with Crippen molar-refractivity contribution in [2.45, 2.75) is 121 Å². The van der Waals surface area contributed by atoms with Gasteiger partial charge in [0.2, 0.25) is 0 Å². The van der Waals surface area contributed by atoms with E-state index in [-0.39, 0.29) is 46.6 Å². The molecule has 160 valence electrons. The molecule has 6 heteroatoms. The minimum absolute atomic E-state index is 0.0909. The number of carbonyl (C=O) groups is 2. The van der Waals surface area contributed by atoms with Crippen molar-refractivity contribution in [2.24, 2.45) is 5.92 Å². The molecule has 6 nitrogen and oxygen atoms in total. The fourth-order valence-corrected chi connectivity index (χ4v) is 6.36. The van der Waals surface area contributed by atoms with Gasteiger partial charge in [-0.05, 0) is 55.4 Å². The number of carbonyl (C=O) groups excluding carboxylic acids is 2. The fraction of sp³-hybridized carbons (Fsp3) is 0.909. The van der Waals surface area contributed by atoms with Crippen molar-refractivity contribution in [1.29, 1.82) is 0 Å². The monoisotopic (exact) mass is 394 g/mol. The lowest BCUT2D eigenvalue weighted by Gasteiger charge is -2.58. The first-order valence-corrected chi connectivity index (χ1v) is 10.5. The van der Waals surface area contributed by atoms with Gasteiger partial charge in [0.05, 0.1) is 6.42 Å². The summed E-state index contributed by atoms with van der Waals surface area (Å²) in [5, 5.41) is 7.21. The van der Waals surface area contributed by atoms with E-state index < -0.39 is 11.5 Å². The van der Waals surface area contributed by atoms with Crippen LogP contribution < -0.4 is 10.6 Å². The summed E-state index contributed by atoms with van der Waals surface area (Å²) in [4.78, 5) is 25.1. The maximum atomic E-state index is 12.8. The highest BCUT2D eigenvalue weighted by molar-refractivity contribution is 5.86. The maximum Gasteiger partial charge on any atom is 0.314 e. The Morgan fingerprint density at radius 1 is 0.929 bits per heavy atom. The van der Waals surface area contributed by atoms with Gasteiger partial charge in [-0.15, -0.1) is 0 Å². The highest BCUT2D eigenvalue weighted by Gasteiger charge is 2.63. The SMILES string of the molecule is CC1(C)CC(OC(=O)CC2C(=O)OC23CC(C)(C)NC(C)(C)C3)CC(C)(C)N1. The molecular weight excluding hydrogens is 356 g/mol. The molecule has 0 saturated carbocycles. The van der Waals surface area contributed by atoms with Gasteiger partial charge in [-0.25, -0.2) is 0 Å². The number of ether oxygens (including phenoxy) is 2. The van der Waals surface area contributed by atoms with Crippen LogP contribution in [0.25, 0.3) is 0 Å². The van der Waals surface area contributed by atoms with Gasteiger partial charge < -0.3 is 20.1 Å². The van der Waals surface area contributed by atoms with Crippen molar-refractivity contribution in [3.05, 3.63) is 0 Å². The first-order valence-electron chi connectivity index (χ1n) is 10.5. The van der Waals surface area contributed by atoms with Crippen LogP contribution in [0.2, 0.25) is 0 Å². The molecule has 3 aliphatic rings. The molecule has 0 radical (unpaired) electrons. The van der Waals surface area contributed by atoms with Gasteiger partial charge in [0, 0.05) is 47.8 Å². The van der Waals surface area contributed by atoms with Crippen molar-refractivity contribution in [3.8, 4) is 0 Å². The Morgan fingerprint density at radius 2 is 1.39 bits per heavy atom. The van der Waals surface area contributed by atoms with E-state index >= 15 is 0 Å². The van der Waals surface area contributed by atoms with Crippen LogP contribution in [0.15, 0.2) is 0 Å². The van der Waals surface area contributed by atoms with E-state index in [2.05, 4.69) is 66.0 Å². The Morgan fingerprint density at radius 3 is 1.86 bits per heavy atom. The van der Waals surface area contributed by atoms with E-state index in [0.29, 0.717) is 12.8 Å². The Bertz CT molecular complexity index is 633. The van der Waals surface area contributed by atoms with Gasteiger partial charge in [0.15, 0.2) is 0 Å². The molecule has 1 unspecified atom stereocenters. The van der Waals surface area contributed by atoms with Crippen LogP contribution in [0.5, 0.6) is 0 Å². The summed E-state index contributed by atoms with van der Waals surface area (Å²) in [6.45, 7) is 17.0. The summed E-state index contributed by atoms with van der Waals surface area (Å²) in [6, 6.07) is 0. The quantitative estimate of drug-likeness (QED) is 0.717. The summed E-state index contributed by atoms with van der Waals surface area (Å²) in [7, 11) is 0. The zero-order chi connectivity index (χ0) is 21.2. The Kier molecular flexibility index (Phi) is 4.95. The lowest BCUT2D eigenvalue weighted by Crippen LogP contribution is -2.71. The van der Waals surface area contributed by atoms with E-state index in [1.165, 1.54) is 0 Å². The maximum absolute atomic E-state index is 12.8. The van der Waals surface area contributed by atoms with Gasteiger partial charge in [-0.2, -0.15) is 0 Å². The van der Waals surface area contributed by atoms with Gasteiger partial charge in [-0.3, -0.25) is 9.59 Å². The van der Waals surface area contributed by atoms with E-state index in [0.717, 1.165) is 12.8 Å². The Balaban J connectivity index is 1.67. The third-order valence-electron chi connectivity index (χ3n) is 6.20. The Labute approximate surface area is 169 Å². The molecule has 3 saturated heterocycles. The van der Waals surface area contributed by atoms with Crippen LogP contribution >= 0.6 is 0 Å². The van der Waals surface area contributed by atoms with E-state index in [1.807, 2.05) is 0 Å². The number of nitrogens with one attached hydrogen (secondary N) is 2. The van der Waals surface area contributed by atoms with Gasteiger partial charge >= 0.3 is 11.9 Å². The average Bonchev–Trinajstić information content (AvgIpc) is 2.37. The van der Waals surface area contributed by atoms with E-state index in [9.17, 15) is 9.59 Å². The van der Waals surface area contributed by atoms with Gasteiger partial charge in [0.25, 0.3) is 0 Å². The Hall–Kier alpha value is -1.14. The van der Waals surface area contributed by atoms with Crippen LogP contribution in [0.3, 0.4) is 0 Å². The minimum Gasteiger partial charge on any atom is -0.462 e. The summed E-state index contributed by atoms with van der Waals surface area (Å²) in [6.07, 6.45) is 2.93. The highest BCUT2D eigenvalue weighted by atomic mass is 16.6. The molecule has 3 heterocycles. The van der Waals surface area contributed by atoms with Crippen LogP contribution in [0.1, 0.15) is 87.5 Å². The summed E-state index contributed by atoms with van der Waals surface area (Å²) >= 11 is 0.